The summed E-state index contributed by atoms with van der Waals surface area (Å²) in [5.74, 6) is -0.926. The Balaban J connectivity index is 1.57. The Morgan fingerprint density at radius 2 is 1.97 bits per heavy atom. The number of nitrogens with zero attached hydrogens (tertiary/aromatic N) is 6. The van der Waals surface area contributed by atoms with E-state index in [0.717, 1.165) is 6.20 Å². The van der Waals surface area contributed by atoms with Crippen molar-refractivity contribution in [2.24, 2.45) is 0 Å². The Morgan fingerprint density at radius 3 is 2.76 bits per heavy atom. The Bertz CT molecular complexity index is 1550. The lowest BCUT2D eigenvalue weighted by molar-refractivity contribution is -0.127. The number of halogens is 2. The van der Waals surface area contributed by atoms with Gasteiger partial charge in [0, 0.05) is 19.0 Å². The summed E-state index contributed by atoms with van der Waals surface area (Å²) in [7, 11) is 1.58. The molecule has 1 N–H and O–H groups in total. The van der Waals surface area contributed by atoms with Crippen LogP contribution in [0.4, 0.5) is 20.4 Å². The molecule has 9 nitrogen and oxygen atoms in total. The van der Waals surface area contributed by atoms with Crippen LogP contribution in [-0.4, -0.2) is 43.6 Å². The van der Waals surface area contributed by atoms with Crippen LogP contribution >= 0.6 is 0 Å². The predicted molar refractivity (Wildman–Crippen MR) is 118 cm³/mol. The number of nitrogens with one attached hydrogen (secondary N) is 1. The van der Waals surface area contributed by atoms with Crippen LogP contribution in [0.2, 0.25) is 0 Å². The number of pyridine rings is 1. The Labute approximate surface area is 191 Å². The Morgan fingerprint density at radius 1 is 1.18 bits per heavy atom. The highest BCUT2D eigenvalue weighted by Gasteiger charge is 2.53. The molecule has 0 spiro atoms. The molecule has 0 fully saturated rings. The number of aromatic nitrogens is 5. The lowest BCUT2D eigenvalue weighted by atomic mass is 9.79. The van der Waals surface area contributed by atoms with E-state index in [0.29, 0.717) is 28.0 Å². The minimum Gasteiger partial charge on any atom is -0.310 e. The van der Waals surface area contributed by atoms with Crippen LogP contribution in [-0.2, 0) is 21.5 Å². The third-order valence-corrected chi connectivity index (χ3v) is 6.35. The molecule has 0 unspecified atom stereocenters. The van der Waals surface area contributed by atoms with Crippen LogP contribution in [0.25, 0.3) is 22.6 Å². The van der Waals surface area contributed by atoms with Crippen molar-refractivity contribution < 1.29 is 18.4 Å². The molecule has 3 aromatic heterocycles. The second-order valence-corrected chi connectivity index (χ2v) is 8.64. The fraction of sp³-hybridized carbons (Fsp3) is 0.217. The van der Waals surface area contributed by atoms with Crippen molar-refractivity contribution in [3.05, 3.63) is 59.3 Å². The summed E-state index contributed by atoms with van der Waals surface area (Å²) in [4.78, 5) is 39.9. The summed E-state index contributed by atoms with van der Waals surface area (Å²) in [6.07, 6.45) is 1.05. The number of benzene rings is 1. The van der Waals surface area contributed by atoms with Gasteiger partial charge in [0.1, 0.15) is 29.0 Å². The van der Waals surface area contributed by atoms with E-state index in [2.05, 4.69) is 25.4 Å². The molecule has 34 heavy (non-hydrogen) atoms. The first-order chi connectivity index (χ1) is 16.3. The maximum atomic E-state index is 14.3. The van der Waals surface area contributed by atoms with Crippen LogP contribution in [0.1, 0.15) is 24.5 Å². The average Bonchev–Trinajstić information content (AvgIpc) is 3.24. The van der Waals surface area contributed by atoms with Crippen molar-refractivity contribution in [2.75, 3.05) is 17.3 Å². The summed E-state index contributed by atoms with van der Waals surface area (Å²) in [5, 5.41) is 7.57. The summed E-state index contributed by atoms with van der Waals surface area (Å²) in [6.45, 7) is 1.74. The highest BCUT2D eigenvalue weighted by Crippen LogP contribution is 2.48. The van der Waals surface area contributed by atoms with Gasteiger partial charge in [-0.1, -0.05) is 18.2 Å². The minimum absolute atomic E-state index is 0.00575. The van der Waals surface area contributed by atoms with E-state index >= 15 is 0 Å². The number of carbonyl (C=O) groups excluding carboxylic acids is 2. The molecule has 0 radical (unpaired) electrons. The average molecular weight is 461 g/mol. The van der Waals surface area contributed by atoms with E-state index < -0.39 is 17.0 Å². The fourth-order valence-corrected chi connectivity index (χ4v) is 4.73. The molecule has 4 aromatic rings. The molecule has 2 amide bonds. The van der Waals surface area contributed by atoms with Gasteiger partial charge in [-0.2, -0.15) is 5.10 Å². The van der Waals surface area contributed by atoms with Gasteiger partial charge >= 0.3 is 0 Å². The standard InChI is InChI=1S/C23H17F2N7O2/c1-23-8-15(33)27-18-16(23)21(31(2)22(23)34)29-19(28-18)17-13-7-12(24)9-26-20(13)32(30-17)10-11-5-3-4-6-14(11)25/h3-7,9H,8,10H2,1-2H3,(H,27,28,29,33)/t23-/m0/s1. The molecule has 5 heterocycles. The zero-order chi connectivity index (χ0) is 23.8. The predicted octanol–water partition coefficient (Wildman–Crippen LogP) is 2.79. The molecular weight excluding hydrogens is 444 g/mol. The van der Waals surface area contributed by atoms with Gasteiger partial charge in [-0.25, -0.2) is 28.4 Å². The molecule has 0 saturated heterocycles. The van der Waals surface area contributed by atoms with E-state index in [9.17, 15) is 18.4 Å². The molecule has 1 atom stereocenters. The Kier molecular flexibility index (Phi) is 4.10. The molecule has 0 bridgehead atoms. The number of hydrogen-bond acceptors (Lipinski definition) is 6. The van der Waals surface area contributed by atoms with Crippen molar-refractivity contribution in [1.82, 2.24) is 24.7 Å². The maximum absolute atomic E-state index is 14.3. The van der Waals surface area contributed by atoms with Crippen LogP contribution in [0.3, 0.4) is 0 Å². The summed E-state index contributed by atoms with van der Waals surface area (Å²) in [6, 6.07) is 7.51. The van der Waals surface area contributed by atoms with Crippen LogP contribution < -0.4 is 10.2 Å². The van der Waals surface area contributed by atoms with Gasteiger partial charge in [0.2, 0.25) is 11.8 Å². The number of anilines is 2. The maximum Gasteiger partial charge on any atom is 0.239 e. The third kappa shape index (κ3) is 2.76. The van der Waals surface area contributed by atoms with Crippen molar-refractivity contribution in [3.8, 4) is 11.5 Å². The van der Waals surface area contributed by atoms with Crippen molar-refractivity contribution >= 4 is 34.5 Å². The molecule has 11 heteroatoms. The second-order valence-electron chi connectivity index (χ2n) is 8.64. The fourth-order valence-electron chi connectivity index (χ4n) is 4.73. The molecule has 170 valence electrons. The number of hydrogen-bond donors (Lipinski definition) is 1. The van der Waals surface area contributed by atoms with Crippen LogP contribution in [0.5, 0.6) is 0 Å². The van der Waals surface area contributed by atoms with Gasteiger partial charge in [0.15, 0.2) is 11.5 Å². The van der Waals surface area contributed by atoms with Gasteiger partial charge in [-0.15, -0.1) is 0 Å². The molecule has 2 aliphatic heterocycles. The molecule has 2 aliphatic rings. The summed E-state index contributed by atoms with van der Waals surface area (Å²) < 4.78 is 29.9. The monoisotopic (exact) mass is 461 g/mol. The summed E-state index contributed by atoms with van der Waals surface area (Å²) >= 11 is 0. The van der Waals surface area contributed by atoms with E-state index in [1.807, 2.05) is 0 Å². The second kappa shape index (κ2) is 6.86. The van der Waals surface area contributed by atoms with E-state index in [1.165, 1.54) is 21.7 Å². The first-order valence-electron chi connectivity index (χ1n) is 10.5. The van der Waals surface area contributed by atoms with E-state index in [-0.39, 0.29) is 42.1 Å². The number of likely N-dealkylation sites (N-methyl/N-ethyl adjacent to an activating group) is 1. The number of carbonyl (C=O) groups is 2. The van der Waals surface area contributed by atoms with Crippen molar-refractivity contribution in [2.45, 2.75) is 25.3 Å². The van der Waals surface area contributed by atoms with Gasteiger partial charge < -0.3 is 5.32 Å². The molecule has 0 saturated carbocycles. The van der Waals surface area contributed by atoms with Gasteiger partial charge in [-0.05, 0) is 19.1 Å². The highest BCUT2D eigenvalue weighted by molar-refractivity contribution is 6.14. The smallest absolute Gasteiger partial charge is 0.239 e. The number of rotatable bonds is 3. The number of amides is 2. The topological polar surface area (TPSA) is 106 Å². The molecule has 0 aliphatic carbocycles. The zero-order valence-corrected chi connectivity index (χ0v) is 18.1. The third-order valence-electron chi connectivity index (χ3n) is 6.35. The zero-order valence-electron chi connectivity index (χ0n) is 18.1. The minimum atomic E-state index is -1.06. The lowest BCUT2D eigenvalue weighted by Gasteiger charge is -2.27. The van der Waals surface area contributed by atoms with Crippen molar-refractivity contribution in [1.29, 1.82) is 0 Å². The van der Waals surface area contributed by atoms with Crippen LogP contribution in [0.15, 0.2) is 36.5 Å². The first-order valence-corrected chi connectivity index (χ1v) is 10.5. The quantitative estimate of drug-likeness (QED) is 0.503. The lowest BCUT2D eigenvalue weighted by Crippen LogP contribution is -2.41. The molecular formula is C23H17F2N7O2. The van der Waals surface area contributed by atoms with Crippen LogP contribution in [0, 0.1) is 11.6 Å². The van der Waals surface area contributed by atoms with Gasteiger partial charge in [0.25, 0.3) is 0 Å². The molecule has 6 rings (SSSR count). The summed E-state index contributed by atoms with van der Waals surface area (Å²) in [5.41, 5.74) is 0.383. The van der Waals surface area contributed by atoms with E-state index in [4.69, 9.17) is 0 Å². The SMILES string of the molecule is CN1C(=O)[C@@]2(C)CC(=O)Nc3nc(-c4nn(Cc5ccccc5F)c5ncc(F)cc45)nc1c32. The van der Waals surface area contributed by atoms with Gasteiger partial charge in [-0.3, -0.25) is 14.5 Å². The highest BCUT2D eigenvalue weighted by atomic mass is 19.1. The van der Waals surface area contributed by atoms with Crippen molar-refractivity contribution in [3.63, 3.8) is 0 Å². The number of fused-ring (bicyclic) bond motifs is 1. The van der Waals surface area contributed by atoms with Gasteiger partial charge in [0.05, 0.1) is 29.1 Å². The normalized spacial score (nSPS) is 19.0. The first kappa shape index (κ1) is 20.3. The largest absolute Gasteiger partial charge is 0.310 e. The Hall–Kier alpha value is -4.28. The molecule has 1 aromatic carbocycles. The van der Waals surface area contributed by atoms with E-state index in [1.54, 1.807) is 32.2 Å².